The number of halogens is 1. The fraction of sp³-hybridized carbons (Fsp3) is 0.467. The molecule has 0 radical (unpaired) electrons. The second kappa shape index (κ2) is 5.54. The van der Waals surface area contributed by atoms with Crippen molar-refractivity contribution in [1.29, 1.82) is 0 Å². The van der Waals surface area contributed by atoms with Crippen LogP contribution in [-0.2, 0) is 22.6 Å². The molecule has 4 nitrogen and oxygen atoms in total. The van der Waals surface area contributed by atoms with Crippen LogP contribution in [0.15, 0.2) is 30.3 Å². The van der Waals surface area contributed by atoms with Crippen LogP contribution in [0.4, 0.5) is 0 Å². The Morgan fingerprint density at radius 1 is 1.25 bits per heavy atom. The lowest BCUT2D eigenvalue weighted by Crippen LogP contribution is -2.19. The van der Waals surface area contributed by atoms with Gasteiger partial charge in [0, 0.05) is 13.7 Å². The van der Waals surface area contributed by atoms with Crippen molar-refractivity contribution in [1.82, 2.24) is 14.8 Å². The largest absolute Gasteiger partial charge is 0.383 e. The Labute approximate surface area is 123 Å². The summed E-state index contributed by atoms with van der Waals surface area (Å²) in [5.41, 5.74) is 1.33. The summed E-state index contributed by atoms with van der Waals surface area (Å²) < 4.78 is 7.31. The van der Waals surface area contributed by atoms with Crippen LogP contribution in [0.3, 0.4) is 0 Å². The van der Waals surface area contributed by atoms with E-state index in [1.807, 2.05) is 6.07 Å². The fourth-order valence-electron chi connectivity index (χ4n) is 2.73. The maximum absolute atomic E-state index is 5.98. The van der Waals surface area contributed by atoms with Crippen molar-refractivity contribution in [3.8, 4) is 0 Å². The number of hydrogen-bond acceptors (Lipinski definition) is 3. The Morgan fingerprint density at radius 2 is 2.00 bits per heavy atom. The predicted octanol–water partition coefficient (Wildman–Crippen LogP) is 2.74. The molecule has 5 heteroatoms. The van der Waals surface area contributed by atoms with Gasteiger partial charge in [-0.25, -0.2) is 0 Å². The molecule has 0 unspecified atom stereocenters. The van der Waals surface area contributed by atoms with Gasteiger partial charge in [-0.3, -0.25) is 0 Å². The number of ether oxygens (including phenoxy) is 1. The van der Waals surface area contributed by atoms with Gasteiger partial charge in [0.25, 0.3) is 0 Å². The van der Waals surface area contributed by atoms with Crippen LogP contribution in [-0.4, -0.2) is 28.5 Å². The first-order chi connectivity index (χ1) is 9.81. The number of aromatic nitrogens is 3. The molecule has 0 amide bonds. The normalized spacial score (nSPS) is 16.3. The Morgan fingerprint density at radius 3 is 2.60 bits per heavy atom. The molecule has 3 rings (SSSR count). The van der Waals surface area contributed by atoms with Crippen molar-refractivity contribution in [2.75, 3.05) is 13.7 Å². The van der Waals surface area contributed by atoms with Crippen LogP contribution in [0.5, 0.6) is 0 Å². The standard InChI is InChI=1S/C15H18ClN3O/c1-20-10-9-19-13(11-16)17-18-14(19)15(7-8-15)12-5-3-2-4-6-12/h2-6H,7-11H2,1H3. The first-order valence-electron chi connectivity index (χ1n) is 6.85. The summed E-state index contributed by atoms with van der Waals surface area (Å²) in [7, 11) is 1.70. The molecule has 0 atom stereocenters. The molecule has 0 aliphatic heterocycles. The summed E-state index contributed by atoms with van der Waals surface area (Å²) in [6.07, 6.45) is 2.23. The van der Waals surface area contributed by atoms with Crippen LogP contribution < -0.4 is 0 Å². The average molecular weight is 292 g/mol. The van der Waals surface area contributed by atoms with E-state index in [0.29, 0.717) is 12.5 Å². The molecule has 1 aromatic carbocycles. The van der Waals surface area contributed by atoms with Gasteiger partial charge in [-0.05, 0) is 18.4 Å². The molecule has 0 spiro atoms. The second-order valence-corrected chi connectivity index (χ2v) is 5.43. The van der Waals surface area contributed by atoms with Gasteiger partial charge in [-0.15, -0.1) is 21.8 Å². The molecule has 1 aliphatic rings. The van der Waals surface area contributed by atoms with Crippen LogP contribution in [0.25, 0.3) is 0 Å². The molecule has 0 N–H and O–H groups in total. The lowest BCUT2D eigenvalue weighted by Gasteiger charge is -2.17. The summed E-state index contributed by atoms with van der Waals surface area (Å²) in [6, 6.07) is 10.5. The van der Waals surface area contributed by atoms with Gasteiger partial charge in [0.15, 0.2) is 0 Å². The Kier molecular flexibility index (Phi) is 3.76. The third-order valence-electron chi connectivity index (χ3n) is 3.97. The highest BCUT2D eigenvalue weighted by molar-refractivity contribution is 6.16. The number of benzene rings is 1. The number of nitrogens with zero attached hydrogens (tertiary/aromatic N) is 3. The highest BCUT2D eigenvalue weighted by Crippen LogP contribution is 2.52. The lowest BCUT2D eigenvalue weighted by molar-refractivity contribution is 0.185. The number of alkyl halides is 1. The average Bonchev–Trinajstić information content (AvgIpc) is 3.20. The van der Waals surface area contributed by atoms with E-state index in [-0.39, 0.29) is 5.41 Å². The van der Waals surface area contributed by atoms with Gasteiger partial charge in [0.05, 0.1) is 17.9 Å². The number of methoxy groups -OCH3 is 1. The quantitative estimate of drug-likeness (QED) is 0.768. The van der Waals surface area contributed by atoms with Gasteiger partial charge in [0.1, 0.15) is 11.6 Å². The molecule has 1 aliphatic carbocycles. The molecule has 20 heavy (non-hydrogen) atoms. The first kappa shape index (κ1) is 13.6. The molecule has 1 saturated carbocycles. The number of hydrogen-bond donors (Lipinski definition) is 0. The molecular formula is C15H18ClN3O. The molecule has 0 bridgehead atoms. The van der Waals surface area contributed by atoms with Crippen molar-refractivity contribution >= 4 is 11.6 Å². The van der Waals surface area contributed by atoms with Crippen molar-refractivity contribution in [2.24, 2.45) is 0 Å². The van der Waals surface area contributed by atoms with Gasteiger partial charge in [0.2, 0.25) is 0 Å². The Balaban J connectivity index is 2.00. The zero-order valence-corrected chi connectivity index (χ0v) is 12.3. The van der Waals surface area contributed by atoms with E-state index in [1.54, 1.807) is 7.11 Å². The third-order valence-corrected chi connectivity index (χ3v) is 4.21. The minimum absolute atomic E-state index is 0.0201. The summed E-state index contributed by atoms with van der Waals surface area (Å²) in [6.45, 7) is 1.38. The predicted molar refractivity (Wildman–Crippen MR) is 77.9 cm³/mol. The zero-order chi connectivity index (χ0) is 14.0. The molecule has 1 heterocycles. The van der Waals surface area contributed by atoms with Gasteiger partial charge < -0.3 is 9.30 Å². The second-order valence-electron chi connectivity index (χ2n) is 5.17. The van der Waals surface area contributed by atoms with E-state index in [1.165, 1.54) is 5.56 Å². The number of rotatable bonds is 6. The highest BCUT2D eigenvalue weighted by atomic mass is 35.5. The van der Waals surface area contributed by atoms with Crippen molar-refractivity contribution in [3.63, 3.8) is 0 Å². The third kappa shape index (κ3) is 2.23. The minimum atomic E-state index is 0.0201. The molecule has 2 aromatic rings. The van der Waals surface area contributed by atoms with E-state index in [4.69, 9.17) is 16.3 Å². The van der Waals surface area contributed by atoms with E-state index >= 15 is 0 Å². The fourth-order valence-corrected chi connectivity index (χ4v) is 2.93. The van der Waals surface area contributed by atoms with Gasteiger partial charge in [-0.1, -0.05) is 30.3 Å². The van der Waals surface area contributed by atoms with Crippen LogP contribution >= 0.6 is 11.6 Å². The summed E-state index contributed by atoms with van der Waals surface area (Å²) in [5.74, 6) is 2.22. The first-order valence-corrected chi connectivity index (χ1v) is 7.38. The van der Waals surface area contributed by atoms with Crippen molar-refractivity contribution in [3.05, 3.63) is 47.5 Å². The van der Waals surface area contributed by atoms with Crippen molar-refractivity contribution in [2.45, 2.75) is 30.7 Å². The van der Waals surface area contributed by atoms with E-state index in [0.717, 1.165) is 31.0 Å². The highest BCUT2D eigenvalue weighted by Gasteiger charge is 2.50. The molecule has 106 valence electrons. The van der Waals surface area contributed by atoms with Crippen LogP contribution in [0.2, 0.25) is 0 Å². The summed E-state index contributed by atoms with van der Waals surface area (Å²) >= 11 is 5.98. The Hall–Kier alpha value is -1.39. The molecule has 0 saturated heterocycles. The minimum Gasteiger partial charge on any atom is -0.383 e. The monoisotopic (exact) mass is 291 g/mol. The summed E-state index contributed by atoms with van der Waals surface area (Å²) in [5, 5.41) is 8.67. The smallest absolute Gasteiger partial charge is 0.148 e. The maximum Gasteiger partial charge on any atom is 0.148 e. The van der Waals surface area contributed by atoms with E-state index in [2.05, 4.69) is 39.0 Å². The summed E-state index contributed by atoms with van der Waals surface area (Å²) in [4.78, 5) is 0. The maximum atomic E-state index is 5.98. The topological polar surface area (TPSA) is 39.9 Å². The molecule has 1 aromatic heterocycles. The van der Waals surface area contributed by atoms with Crippen LogP contribution in [0, 0.1) is 0 Å². The Bertz CT molecular complexity index is 578. The molecule has 1 fully saturated rings. The lowest BCUT2D eigenvalue weighted by atomic mass is 9.95. The van der Waals surface area contributed by atoms with Crippen LogP contribution in [0.1, 0.15) is 30.1 Å². The van der Waals surface area contributed by atoms with E-state index < -0.39 is 0 Å². The van der Waals surface area contributed by atoms with Crippen molar-refractivity contribution < 1.29 is 4.74 Å². The molecular weight excluding hydrogens is 274 g/mol. The SMILES string of the molecule is COCCn1c(CCl)nnc1C1(c2ccccc2)CC1. The zero-order valence-electron chi connectivity index (χ0n) is 11.6. The van der Waals surface area contributed by atoms with E-state index in [9.17, 15) is 0 Å². The van der Waals surface area contributed by atoms with Gasteiger partial charge >= 0.3 is 0 Å². The van der Waals surface area contributed by atoms with Gasteiger partial charge in [-0.2, -0.15) is 0 Å².